The monoisotopic (exact) mass is 444 g/mol. The van der Waals surface area contributed by atoms with Gasteiger partial charge in [-0.2, -0.15) is 0 Å². The van der Waals surface area contributed by atoms with Gasteiger partial charge in [0.1, 0.15) is 16.8 Å². The Morgan fingerprint density at radius 1 is 0.969 bits per heavy atom. The number of para-hydroxylation sites is 1. The minimum absolute atomic E-state index is 0.162. The number of aryl methyl sites for hydroxylation is 2. The van der Waals surface area contributed by atoms with Crippen molar-refractivity contribution in [1.82, 2.24) is 14.8 Å². The third-order valence-electron chi connectivity index (χ3n) is 4.99. The van der Waals surface area contributed by atoms with Crippen LogP contribution < -0.4 is 10.1 Å². The highest BCUT2D eigenvalue weighted by molar-refractivity contribution is 8.00. The summed E-state index contributed by atoms with van der Waals surface area (Å²) in [6.45, 7) is 3.88. The molecule has 1 amide bonds. The zero-order valence-electron chi connectivity index (χ0n) is 18.1. The Morgan fingerprint density at radius 3 is 2.34 bits per heavy atom. The van der Waals surface area contributed by atoms with E-state index in [0.717, 1.165) is 22.6 Å². The molecule has 162 valence electrons. The van der Waals surface area contributed by atoms with Crippen LogP contribution in [0.2, 0.25) is 0 Å². The summed E-state index contributed by atoms with van der Waals surface area (Å²) < 4.78 is 7.40. The van der Waals surface area contributed by atoms with Gasteiger partial charge in [-0.25, -0.2) is 0 Å². The first-order valence-corrected chi connectivity index (χ1v) is 11.1. The van der Waals surface area contributed by atoms with Crippen molar-refractivity contribution in [3.63, 3.8) is 0 Å². The van der Waals surface area contributed by atoms with Crippen LogP contribution in [0, 0.1) is 13.8 Å². The average Bonchev–Trinajstić information content (AvgIpc) is 3.18. The number of hydrogen-bond acceptors (Lipinski definition) is 5. The molecule has 1 aromatic heterocycles. The van der Waals surface area contributed by atoms with Crippen LogP contribution in [0.4, 0.5) is 5.69 Å². The van der Waals surface area contributed by atoms with Crippen LogP contribution in [-0.4, -0.2) is 27.8 Å². The Kier molecular flexibility index (Phi) is 6.56. The fourth-order valence-electron chi connectivity index (χ4n) is 3.42. The molecule has 0 aliphatic heterocycles. The molecule has 0 saturated heterocycles. The van der Waals surface area contributed by atoms with Crippen molar-refractivity contribution in [2.75, 3.05) is 12.4 Å². The molecular formula is C25H24N4O2S. The topological polar surface area (TPSA) is 69.0 Å². The summed E-state index contributed by atoms with van der Waals surface area (Å²) in [6.07, 6.45) is 0. The molecule has 3 aromatic carbocycles. The third-order valence-corrected chi connectivity index (χ3v) is 6.18. The largest absolute Gasteiger partial charge is 0.495 e. The minimum atomic E-state index is -0.535. The first kappa shape index (κ1) is 21.6. The highest BCUT2D eigenvalue weighted by atomic mass is 32.2. The molecule has 0 unspecified atom stereocenters. The fraction of sp³-hybridized carbons (Fsp3) is 0.160. The molecule has 32 heavy (non-hydrogen) atoms. The maximum absolute atomic E-state index is 13.5. The van der Waals surface area contributed by atoms with Crippen LogP contribution >= 0.6 is 11.8 Å². The predicted molar refractivity (Wildman–Crippen MR) is 127 cm³/mol. The zero-order valence-corrected chi connectivity index (χ0v) is 19.0. The molecule has 0 bridgehead atoms. The Morgan fingerprint density at radius 2 is 1.66 bits per heavy atom. The predicted octanol–water partition coefficient (Wildman–Crippen LogP) is 5.36. The Balaban J connectivity index is 1.70. The van der Waals surface area contributed by atoms with Gasteiger partial charge in [0, 0.05) is 5.69 Å². The van der Waals surface area contributed by atoms with Crippen molar-refractivity contribution < 1.29 is 9.53 Å². The molecule has 0 fully saturated rings. The van der Waals surface area contributed by atoms with Crippen molar-refractivity contribution in [2.45, 2.75) is 24.3 Å². The molecule has 6 nitrogen and oxygen atoms in total. The lowest BCUT2D eigenvalue weighted by Crippen LogP contribution is -2.20. The average molecular weight is 445 g/mol. The zero-order chi connectivity index (χ0) is 22.5. The van der Waals surface area contributed by atoms with E-state index in [-0.39, 0.29) is 5.91 Å². The van der Waals surface area contributed by atoms with Gasteiger partial charge in [0.05, 0.1) is 12.8 Å². The number of nitrogens with one attached hydrogen (secondary N) is 1. The molecule has 1 heterocycles. The van der Waals surface area contributed by atoms with E-state index >= 15 is 0 Å². The van der Waals surface area contributed by atoms with Crippen LogP contribution in [0.15, 0.2) is 84.0 Å². The van der Waals surface area contributed by atoms with Gasteiger partial charge >= 0.3 is 0 Å². The molecule has 0 aliphatic rings. The number of anilines is 1. The van der Waals surface area contributed by atoms with E-state index in [0.29, 0.717) is 16.6 Å². The Hall–Kier alpha value is -3.58. The Bertz CT molecular complexity index is 1210. The van der Waals surface area contributed by atoms with Crippen molar-refractivity contribution in [3.8, 4) is 11.4 Å². The van der Waals surface area contributed by atoms with Gasteiger partial charge in [0.25, 0.3) is 0 Å². The van der Waals surface area contributed by atoms with Crippen LogP contribution in [-0.2, 0) is 4.79 Å². The number of thioether (sulfide) groups is 1. The third kappa shape index (κ3) is 4.68. The van der Waals surface area contributed by atoms with Gasteiger partial charge in [0.15, 0.2) is 5.16 Å². The summed E-state index contributed by atoms with van der Waals surface area (Å²) in [5, 5.41) is 11.8. The standard InChI is InChI=1S/C25H24N4O2S/c1-17-14-15-22(31-3)21(16-17)26-24(30)23(19-10-6-4-7-11-19)32-25-28-27-18(2)29(25)20-12-8-5-9-13-20/h4-16,23H,1-3H3,(H,26,30)/t23-/m1/s1. The summed E-state index contributed by atoms with van der Waals surface area (Å²) in [7, 11) is 1.59. The molecule has 4 rings (SSSR count). The first-order chi connectivity index (χ1) is 15.6. The van der Waals surface area contributed by atoms with E-state index < -0.39 is 5.25 Å². The van der Waals surface area contributed by atoms with Gasteiger partial charge in [0.2, 0.25) is 5.91 Å². The summed E-state index contributed by atoms with van der Waals surface area (Å²) >= 11 is 1.37. The summed E-state index contributed by atoms with van der Waals surface area (Å²) in [5.74, 6) is 1.21. The van der Waals surface area contributed by atoms with Crippen LogP contribution in [0.5, 0.6) is 5.75 Å². The number of benzene rings is 3. The maximum atomic E-state index is 13.5. The molecule has 4 aromatic rings. The van der Waals surface area contributed by atoms with Gasteiger partial charge in [-0.15, -0.1) is 10.2 Å². The second-order valence-corrected chi connectivity index (χ2v) is 8.37. The van der Waals surface area contributed by atoms with E-state index in [9.17, 15) is 4.79 Å². The molecule has 0 spiro atoms. The van der Waals surface area contributed by atoms with E-state index in [1.54, 1.807) is 7.11 Å². The smallest absolute Gasteiger partial charge is 0.242 e. The molecule has 1 atom stereocenters. The van der Waals surface area contributed by atoms with E-state index in [2.05, 4.69) is 15.5 Å². The number of methoxy groups -OCH3 is 1. The van der Waals surface area contributed by atoms with E-state index in [4.69, 9.17) is 4.74 Å². The minimum Gasteiger partial charge on any atom is -0.495 e. The van der Waals surface area contributed by atoms with Gasteiger partial charge in [-0.05, 0) is 49.2 Å². The van der Waals surface area contributed by atoms with E-state index in [1.165, 1.54) is 11.8 Å². The molecule has 0 saturated carbocycles. The van der Waals surface area contributed by atoms with Crippen molar-refractivity contribution in [3.05, 3.63) is 95.8 Å². The highest BCUT2D eigenvalue weighted by Gasteiger charge is 2.26. The highest BCUT2D eigenvalue weighted by Crippen LogP contribution is 2.37. The first-order valence-electron chi connectivity index (χ1n) is 10.2. The number of amides is 1. The number of rotatable bonds is 7. The van der Waals surface area contributed by atoms with Crippen LogP contribution in [0.1, 0.15) is 22.2 Å². The lowest BCUT2D eigenvalue weighted by Gasteiger charge is -2.18. The summed E-state index contributed by atoms with van der Waals surface area (Å²) in [5.41, 5.74) is 3.50. The van der Waals surface area contributed by atoms with Gasteiger partial charge < -0.3 is 10.1 Å². The number of hydrogen-bond donors (Lipinski definition) is 1. The Labute approximate surface area is 191 Å². The number of ether oxygens (including phenoxy) is 1. The number of carbonyl (C=O) groups is 1. The molecule has 0 aliphatic carbocycles. The number of carbonyl (C=O) groups excluding carboxylic acids is 1. The van der Waals surface area contributed by atoms with Crippen LogP contribution in [0.25, 0.3) is 5.69 Å². The SMILES string of the molecule is COc1ccc(C)cc1NC(=O)[C@H](Sc1nnc(C)n1-c1ccccc1)c1ccccc1. The molecule has 7 heteroatoms. The quantitative estimate of drug-likeness (QED) is 0.388. The van der Waals surface area contributed by atoms with Crippen LogP contribution in [0.3, 0.4) is 0 Å². The molecular weight excluding hydrogens is 420 g/mol. The lowest BCUT2D eigenvalue weighted by atomic mass is 10.1. The second kappa shape index (κ2) is 9.70. The second-order valence-electron chi connectivity index (χ2n) is 7.30. The van der Waals surface area contributed by atoms with Crippen molar-refractivity contribution >= 4 is 23.4 Å². The lowest BCUT2D eigenvalue weighted by molar-refractivity contribution is -0.115. The fourth-order valence-corrected chi connectivity index (χ4v) is 4.52. The van der Waals surface area contributed by atoms with E-state index in [1.807, 2.05) is 97.3 Å². The maximum Gasteiger partial charge on any atom is 0.242 e. The molecule has 0 radical (unpaired) electrons. The van der Waals surface area contributed by atoms with Crippen molar-refractivity contribution in [2.24, 2.45) is 0 Å². The number of nitrogens with zero attached hydrogens (tertiary/aromatic N) is 3. The normalized spacial score (nSPS) is 11.7. The summed E-state index contributed by atoms with van der Waals surface area (Å²) in [4.78, 5) is 13.5. The van der Waals surface area contributed by atoms with Gasteiger partial charge in [-0.3, -0.25) is 9.36 Å². The number of aromatic nitrogens is 3. The summed E-state index contributed by atoms with van der Waals surface area (Å²) in [6, 6.07) is 25.3. The van der Waals surface area contributed by atoms with Gasteiger partial charge in [-0.1, -0.05) is 66.4 Å². The molecule has 1 N–H and O–H groups in total. The van der Waals surface area contributed by atoms with Crippen molar-refractivity contribution in [1.29, 1.82) is 0 Å².